The molecule has 0 amide bonds. The molecule has 1 heterocycles. The van der Waals surface area contributed by atoms with E-state index >= 15 is 0 Å². The fourth-order valence-corrected chi connectivity index (χ4v) is 2.05. The van der Waals surface area contributed by atoms with Crippen molar-refractivity contribution in [2.24, 2.45) is 16.7 Å². The Hall–Kier alpha value is -1.57. The van der Waals surface area contributed by atoms with Crippen LogP contribution in [0.3, 0.4) is 0 Å². The Morgan fingerprint density at radius 1 is 1.19 bits per heavy atom. The molecule has 7 heteroatoms. The van der Waals surface area contributed by atoms with E-state index < -0.39 is 7.12 Å². The Labute approximate surface area is 126 Å². The monoisotopic (exact) mass is 290 g/mol. The average molecular weight is 290 g/mol. The van der Waals surface area contributed by atoms with Crippen molar-refractivity contribution < 1.29 is 9.31 Å². The van der Waals surface area contributed by atoms with Gasteiger partial charge in [-0.3, -0.25) is 0 Å². The Morgan fingerprint density at radius 2 is 1.76 bits per heavy atom. The van der Waals surface area contributed by atoms with Crippen LogP contribution in [0.25, 0.3) is 0 Å². The van der Waals surface area contributed by atoms with Gasteiger partial charge in [0.15, 0.2) is 5.84 Å². The topological polar surface area (TPSA) is 86.1 Å². The largest absolute Gasteiger partial charge is 0.494 e. The molecule has 2 rings (SSSR count). The molecule has 0 aromatic heterocycles. The number of hydrogen-bond acceptors (Lipinski definition) is 5. The van der Waals surface area contributed by atoms with Crippen LogP contribution in [-0.4, -0.2) is 36.3 Å². The van der Waals surface area contributed by atoms with Crippen LogP contribution in [0, 0.1) is 0 Å². The maximum absolute atomic E-state index is 6.03. The van der Waals surface area contributed by atoms with Gasteiger partial charge in [-0.1, -0.05) is 24.3 Å². The maximum atomic E-state index is 6.03. The lowest BCUT2D eigenvalue weighted by atomic mass is 9.78. The van der Waals surface area contributed by atoms with E-state index in [0.717, 1.165) is 11.0 Å². The summed E-state index contributed by atoms with van der Waals surface area (Å²) in [5.74, 6) is 5.82. The minimum Gasteiger partial charge on any atom is -0.399 e. The molecule has 1 aromatic rings. The highest BCUT2D eigenvalue weighted by Gasteiger charge is 2.51. The predicted octanol–water partition coefficient (Wildman–Crippen LogP) is 0.412. The zero-order chi connectivity index (χ0) is 15.8. The van der Waals surface area contributed by atoms with Crippen molar-refractivity contribution in [2.45, 2.75) is 38.9 Å². The molecule has 1 saturated heterocycles. The molecule has 21 heavy (non-hydrogen) atoms. The van der Waals surface area contributed by atoms with E-state index in [9.17, 15) is 0 Å². The minimum atomic E-state index is -0.418. The first-order chi connectivity index (χ1) is 9.62. The third kappa shape index (κ3) is 3.20. The lowest BCUT2D eigenvalue weighted by Crippen LogP contribution is -2.41. The van der Waals surface area contributed by atoms with Gasteiger partial charge in [0.25, 0.3) is 0 Å². The summed E-state index contributed by atoms with van der Waals surface area (Å²) in [5, 5.41) is 5.17. The van der Waals surface area contributed by atoms with E-state index in [0.29, 0.717) is 5.84 Å². The standard InChI is InChI=1S/C14H23BN4O2/c1-13(2)14(3,4)21-15(20-13)11-8-6-7-10(9-11)12(16)18-19(5)17/h6-9H,17H2,1-5H3,(H2,16,18). The van der Waals surface area contributed by atoms with Gasteiger partial charge in [-0.25, -0.2) is 11.0 Å². The first-order valence-corrected chi connectivity index (χ1v) is 6.91. The Balaban J connectivity index is 2.28. The summed E-state index contributed by atoms with van der Waals surface area (Å²) in [6, 6.07) is 7.63. The highest BCUT2D eigenvalue weighted by atomic mass is 16.7. The van der Waals surface area contributed by atoms with Gasteiger partial charge >= 0.3 is 7.12 Å². The van der Waals surface area contributed by atoms with Gasteiger partial charge in [-0.15, -0.1) is 5.10 Å². The molecule has 1 aliphatic heterocycles. The van der Waals surface area contributed by atoms with Gasteiger partial charge in [0.2, 0.25) is 0 Å². The Bertz CT molecular complexity index is 542. The number of hydrazine groups is 1. The number of amidine groups is 1. The molecule has 1 fully saturated rings. The molecule has 0 radical (unpaired) electrons. The summed E-state index contributed by atoms with van der Waals surface area (Å²) in [7, 11) is 1.20. The normalized spacial score (nSPS) is 20.7. The molecule has 1 aliphatic rings. The fourth-order valence-electron chi connectivity index (χ4n) is 2.05. The van der Waals surface area contributed by atoms with E-state index in [1.54, 1.807) is 7.05 Å². The quantitative estimate of drug-likeness (QED) is 0.277. The van der Waals surface area contributed by atoms with Crippen LogP contribution in [0.2, 0.25) is 0 Å². The van der Waals surface area contributed by atoms with Crippen molar-refractivity contribution in [2.75, 3.05) is 7.05 Å². The van der Waals surface area contributed by atoms with Gasteiger partial charge in [0.05, 0.1) is 11.2 Å². The molecule has 1 aromatic carbocycles. The zero-order valence-corrected chi connectivity index (χ0v) is 13.3. The summed E-state index contributed by atoms with van der Waals surface area (Å²) >= 11 is 0. The first kappa shape index (κ1) is 15.8. The van der Waals surface area contributed by atoms with Crippen LogP contribution >= 0.6 is 0 Å². The van der Waals surface area contributed by atoms with E-state index in [2.05, 4.69) is 5.10 Å². The van der Waals surface area contributed by atoms with Gasteiger partial charge in [0, 0.05) is 12.6 Å². The second kappa shape index (κ2) is 5.33. The molecular weight excluding hydrogens is 267 g/mol. The van der Waals surface area contributed by atoms with Crippen LogP contribution in [0.1, 0.15) is 33.3 Å². The number of nitrogens with zero attached hydrogens (tertiary/aromatic N) is 2. The smallest absolute Gasteiger partial charge is 0.399 e. The number of benzene rings is 1. The lowest BCUT2D eigenvalue weighted by Gasteiger charge is -2.32. The van der Waals surface area contributed by atoms with Crippen molar-refractivity contribution >= 4 is 18.4 Å². The number of hydrazone groups is 1. The van der Waals surface area contributed by atoms with Gasteiger partial charge in [-0.05, 0) is 33.2 Å². The van der Waals surface area contributed by atoms with Crippen LogP contribution in [-0.2, 0) is 9.31 Å². The predicted molar refractivity (Wildman–Crippen MR) is 84.8 cm³/mol. The highest BCUT2D eigenvalue weighted by molar-refractivity contribution is 6.62. The van der Waals surface area contributed by atoms with E-state index in [1.807, 2.05) is 52.0 Å². The lowest BCUT2D eigenvalue weighted by molar-refractivity contribution is 0.00578. The summed E-state index contributed by atoms with van der Waals surface area (Å²) in [6.45, 7) is 8.10. The third-order valence-electron chi connectivity index (χ3n) is 3.97. The second-order valence-electron chi connectivity index (χ2n) is 6.27. The van der Waals surface area contributed by atoms with Crippen LogP contribution in [0.4, 0.5) is 0 Å². The molecule has 0 atom stereocenters. The van der Waals surface area contributed by atoms with Crippen molar-refractivity contribution in [3.63, 3.8) is 0 Å². The van der Waals surface area contributed by atoms with Crippen molar-refractivity contribution in [3.05, 3.63) is 29.8 Å². The molecular formula is C14H23BN4O2. The Morgan fingerprint density at radius 3 is 2.29 bits per heavy atom. The molecule has 0 aliphatic carbocycles. The summed E-state index contributed by atoms with van der Waals surface area (Å²) in [4.78, 5) is 0. The number of nitrogens with two attached hydrogens (primary N) is 2. The van der Waals surface area contributed by atoms with Crippen LogP contribution < -0.4 is 17.0 Å². The molecule has 0 bridgehead atoms. The fraction of sp³-hybridized carbons (Fsp3) is 0.500. The summed E-state index contributed by atoms with van der Waals surface area (Å²) < 4.78 is 12.1. The van der Waals surface area contributed by atoms with Gasteiger partial charge < -0.3 is 15.0 Å². The molecule has 114 valence electrons. The van der Waals surface area contributed by atoms with E-state index in [1.165, 1.54) is 5.12 Å². The first-order valence-electron chi connectivity index (χ1n) is 6.91. The van der Waals surface area contributed by atoms with Crippen molar-refractivity contribution in [3.8, 4) is 0 Å². The van der Waals surface area contributed by atoms with Gasteiger partial charge in [0.1, 0.15) is 0 Å². The van der Waals surface area contributed by atoms with E-state index in [-0.39, 0.29) is 11.2 Å². The minimum absolute atomic E-state index is 0.346. The highest BCUT2D eigenvalue weighted by Crippen LogP contribution is 2.36. The summed E-state index contributed by atoms with van der Waals surface area (Å²) in [6.07, 6.45) is 0. The maximum Gasteiger partial charge on any atom is 0.494 e. The third-order valence-corrected chi connectivity index (χ3v) is 3.97. The molecule has 4 N–H and O–H groups in total. The molecule has 6 nitrogen and oxygen atoms in total. The molecule has 0 unspecified atom stereocenters. The van der Waals surface area contributed by atoms with Crippen molar-refractivity contribution in [1.29, 1.82) is 0 Å². The van der Waals surface area contributed by atoms with Crippen molar-refractivity contribution in [1.82, 2.24) is 5.12 Å². The van der Waals surface area contributed by atoms with E-state index in [4.69, 9.17) is 20.9 Å². The number of hydrogen-bond donors (Lipinski definition) is 2. The van der Waals surface area contributed by atoms with Gasteiger partial charge in [-0.2, -0.15) is 0 Å². The number of rotatable bonds is 3. The van der Waals surface area contributed by atoms with Crippen LogP contribution in [0.15, 0.2) is 29.4 Å². The zero-order valence-electron chi connectivity index (χ0n) is 13.3. The van der Waals surface area contributed by atoms with Crippen LogP contribution in [0.5, 0.6) is 0 Å². The average Bonchev–Trinajstić information content (AvgIpc) is 2.58. The molecule has 0 spiro atoms. The SMILES string of the molecule is CN(N)/N=C(\N)c1cccc(B2OC(C)(C)C(C)(C)O2)c1. The summed E-state index contributed by atoms with van der Waals surface area (Å²) in [5.41, 5.74) is 6.86. The Kier molecular flexibility index (Phi) is 4.01. The second-order valence-corrected chi connectivity index (χ2v) is 6.27. The molecule has 0 saturated carbocycles.